The Morgan fingerprint density at radius 3 is 1.23 bits per heavy atom. The van der Waals surface area contributed by atoms with E-state index in [9.17, 15) is 22.8 Å². The number of benzene rings is 3. The highest BCUT2D eigenvalue weighted by molar-refractivity contribution is 7.93. The average molecular weight is 682 g/mol. The molecule has 4 rings (SSSR count). The predicted molar refractivity (Wildman–Crippen MR) is 187 cm³/mol. The number of rotatable bonds is 9. The molecule has 0 aliphatic heterocycles. The number of sulfone groups is 1. The lowest BCUT2D eigenvalue weighted by molar-refractivity contribution is -0.160. The second-order valence-electron chi connectivity index (χ2n) is 14.7. The van der Waals surface area contributed by atoms with Crippen molar-refractivity contribution in [2.45, 2.75) is 108 Å². The number of thiophene rings is 1. The minimum atomic E-state index is -4.58. The SMILES string of the molecule is CC(C)(C)OC(=O)CC(CC(=O)OC(C)(C)C)(CC(=O)OC(C)(C)C)S(=O)(=O)c1ccc(-[s+]2c3ccccc3c3ccccc32)cc1. The zero-order chi connectivity index (χ0) is 35.0. The number of hydrogen-bond donors (Lipinski definition) is 0. The molecular formula is C37H45O8S2+. The number of fused-ring (bicyclic) bond motifs is 3. The summed E-state index contributed by atoms with van der Waals surface area (Å²) in [6.07, 6.45) is -2.30. The van der Waals surface area contributed by atoms with Gasteiger partial charge in [-0.2, -0.15) is 0 Å². The van der Waals surface area contributed by atoms with Crippen molar-refractivity contribution in [3.05, 3.63) is 72.8 Å². The zero-order valence-corrected chi connectivity index (χ0v) is 30.3. The van der Waals surface area contributed by atoms with Crippen molar-refractivity contribution in [1.82, 2.24) is 0 Å². The maximum atomic E-state index is 14.8. The third kappa shape index (κ3) is 8.59. The first-order chi connectivity index (χ1) is 21.6. The van der Waals surface area contributed by atoms with Crippen molar-refractivity contribution >= 4 is 58.4 Å². The van der Waals surface area contributed by atoms with Crippen LogP contribution in [0.4, 0.5) is 0 Å². The number of ether oxygens (including phenoxy) is 3. The van der Waals surface area contributed by atoms with E-state index >= 15 is 0 Å². The van der Waals surface area contributed by atoms with Crippen LogP contribution in [0.15, 0.2) is 77.7 Å². The number of hydrogen-bond acceptors (Lipinski definition) is 8. The lowest BCUT2D eigenvalue weighted by atomic mass is 9.95. The van der Waals surface area contributed by atoms with Gasteiger partial charge in [-0.1, -0.05) is 24.3 Å². The summed E-state index contributed by atoms with van der Waals surface area (Å²) in [5, 5.41) is 2.27. The standard InChI is InChI=1S/C37H45O8S2/c1-34(2,3)43-31(38)22-37(23-32(39)44-35(4,5)6,24-33(40)45-36(7,8)9)47(41,42)26-20-18-25(19-21-26)46-29-16-12-10-14-27(29)28-15-11-13-17-30(28)46/h10-21H,22-24H2,1-9H3/q+1. The Morgan fingerprint density at radius 2 is 0.894 bits per heavy atom. The molecule has 0 N–H and O–H groups in total. The summed E-state index contributed by atoms with van der Waals surface area (Å²) in [5.74, 6) is -2.61. The number of carbonyl (C=O) groups is 3. The fourth-order valence-electron chi connectivity index (χ4n) is 5.51. The van der Waals surface area contributed by atoms with Gasteiger partial charge in [0.05, 0.1) is 24.2 Å². The van der Waals surface area contributed by atoms with Gasteiger partial charge in [-0.25, -0.2) is 8.42 Å². The molecule has 0 bridgehead atoms. The van der Waals surface area contributed by atoms with Crippen LogP contribution >= 0.6 is 10.5 Å². The smallest absolute Gasteiger partial charge is 0.307 e. The van der Waals surface area contributed by atoms with E-state index in [4.69, 9.17) is 14.2 Å². The van der Waals surface area contributed by atoms with E-state index < -0.39 is 79.0 Å². The summed E-state index contributed by atoms with van der Waals surface area (Å²) in [6.45, 7) is 14.9. The molecule has 1 heterocycles. The largest absolute Gasteiger partial charge is 0.460 e. The van der Waals surface area contributed by atoms with Crippen molar-refractivity contribution in [1.29, 1.82) is 0 Å². The third-order valence-electron chi connectivity index (χ3n) is 7.10. The van der Waals surface area contributed by atoms with E-state index in [1.54, 1.807) is 74.4 Å². The Balaban J connectivity index is 1.87. The first kappa shape index (κ1) is 36.1. The molecule has 0 fully saturated rings. The fourth-order valence-corrected chi connectivity index (χ4v) is 9.80. The molecule has 252 valence electrons. The Labute approximate surface area is 280 Å². The molecule has 0 aliphatic rings. The van der Waals surface area contributed by atoms with E-state index in [2.05, 4.69) is 24.3 Å². The summed E-state index contributed by atoms with van der Waals surface area (Å²) in [5.41, 5.74) is -2.83. The van der Waals surface area contributed by atoms with Gasteiger partial charge in [0.1, 0.15) is 21.6 Å². The van der Waals surface area contributed by atoms with E-state index in [0.717, 1.165) is 25.1 Å². The van der Waals surface area contributed by atoms with Gasteiger partial charge in [-0.3, -0.25) is 14.4 Å². The lowest BCUT2D eigenvalue weighted by Crippen LogP contribution is -2.47. The summed E-state index contributed by atoms with van der Waals surface area (Å²) < 4.78 is 46.2. The first-order valence-corrected chi connectivity index (χ1v) is 18.2. The third-order valence-corrected chi connectivity index (χ3v) is 11.9. The van der Waals surface area contributed by atoms with Gasteiger partial charge in [0.15, 0.2) is 24.1 Å². The number of carbonyl (C=O) groups excluding carboxylic acids is 3. The van der Waals surface area contributed by atoms with Gasteiger partial charge in [0.2, 0.25) is 0 Å². The second-order valence-corrected chi connectivity index (χ2v) is 19.1. The van der Waals surface area contributed by atoms with Gasteiger partial charge in [0, 0.05) is 21.2 Å². The topological polar surface area (TPSA) is 113 Å². The average Bonchev–Trinajstić information content (AvgIpc) is 3.24. The molecular weight excluding hydrogens is 637 g/mol. The minimum absolute atomic E-state index is 0.138. The van der Waals surface area contributed by atoms with E-state index in [1.807, 2.05) is 24.3 Å². The molecule has 0 spiro atoms. The van der Waals surface area contributed by atoms with Crippen LogP contribution in [0.25, 0.3) is 25.1 Å². The maximum Gasteiger partial charge on any atom is 0.307 e. The molecule has 3 aromatic carbocycles. The van der Waals surface area contributed by atoms with Gasteiger partial charge >= 0.3 is 17.9 Å². The van der Waals surface area contributed by atoms with Crippen molar-refractivity contribution in [3.63, 3.8) is 0 Å². The molecule has 1 aromatic heterocycles. The molecule has 10 heteroatoms. The molecule has 0 amide bonds. The van der Waals surface area contributed by atoms with Crippen LogP contribution in [-0.2, 0) is 38.4 Å². The molecule has 47 heavy (non-hydrogen) atoms. The van der Waals surface area contributed by atoms with E-state index in [1.165, 1.54) is 12.1 Å². The Bertz CT molecular complexity index is 1770. The fraction of sp³-hybridized carbons (Fsp3) is 0.432. The van der Waals surface area contributed by atoms with Crippen LogP contribution in [0.2, 0.25) is 0 Å². The van der Waals surface area contributed by atoms with Crippen molar-refractivity contribution in [3.8, 4) is 4.90 Å². The van der Waals surface area contributed by atoms with Gasteiger partial charge in [-0.15, -0.1) is 0 Å². The summed E-state index contributed by atoms with van der Waals surface area (Å²) in [6, 6.07) is 22.8. The highest BCUT2D eigenvalue weighted by Crippen LogP contribution is 2.48. The molecule has 0 atom stereocenters. The summed E-state index contributed by atoms with van der Waals surface area (Å²) in [4.78, 5) is 40.8. The Morgan fingerprint density at radius 1 is 0.553 bits per heavy atom. The van der Waals surface area contributed by atoms with Crippen molar-refractivity contribution in [2.75, 3.05) is 0 Å². The van der Waals surface area contributed by atoms with Crippen LogP contribution < -0.4 is 0 Å². The van der Waals surface area contributed by atoms with Crippen LogP contribution in [0.3, 0.4) is 0 Å². The first-order valence-electron chi connectivity index (χ1n) is 15.5. The van der Waals surface area contributed by atoms with Crippen LogP contribution in [0, 0.1) is 0 Å². The van der Waals surface area contributed by atoms with Gasteiger partial charge in [-0.05, 0) is 111 Å². The highest BCUT2D eigenvalue weighted by Gasteiger charge is 2.52. The maximum absolute atomic E-state index is 14.8. The second kappa shape index (κ2) is 13.0. The Hall–Kier alpha value is -3.76. The summed E-state index contributed by atoms with van der Waals surface area (Å²) in [7, 11) is -5.05. The quantitative estimate of drug-likeness (QED) is 0.0983. The monoisotopic (exact) mass is 681 g/mol. The van der Waals surface area contributed by atoms with Crippen LogP contribution in [0.1, 0.15) is 81.6 Å². The van der Waals surface area contributed by atoms with Crippen molar-refractivity contribution in [2.24, 2.45) is 0 Å². The summed E-state index contributed by atoms with van der Waals surface area (Å²) >= 11 is 0. The zero-order valence-electron chi connectivity index (χ0n) is 28.6. The van der Waals surface area contributed by atoms with E-state index in [0.29, 0.717) is 0 Å². The van der Waals surface area contributed by atoms with E-state index in [-0.39, 0.29) is 4.90 Å². The van der Waals surface area contributed by atoms with Crippen LogP contribution in [-0.4, -0.2) is 47.9 Å². The molecule has 0 saturated carbocycles. The molecule has 4 aromatic rings. The van der Waals surface area contributed by atoms with Gasteiger partial charge < -0.3 is 14.2 Å². The lowest BCUT2D eigenvalue weighted by Gasteiger charge is -2.34. The molecule has 0 aliphatic carbocycles. The minimum Gasteiger partial charge on any atom is -0.460 e. The Kier molecular flexibility index (Phi) is 10.0. The molecule has 0 saturated heterocycles. The highest BCUT2D eigenvalue weighted by atomic mass is 32.2. The molecule has 8 nitrogen and oxygen atoms in total. The molecule has 0 radical (unpaired) electrons. The normalized spacial score (nSPS) is 13.0. The predicted octanol–water partition coefficient (Wildman–Crippen LogP) is 8.44. The number of esters is 3. The molecule has 0 unspecified atom stereocenters. The van der Waals surface area contributed by atoms with Crippen molar-refractivity contribution < 1.29 is 37.0 Å². The van der Waals surface area contributed by atoms with Crippen LogP contribution in [0.5, 0.6) is 0 Å². The van der Waals surface area contributed by atoms with Gasteiger partial charge in [0.25, 0.3) is 0 Å².